The number of hydrogen-bond donors (Lipinski definition) is 3. The van der Waals surface area contributed by atoms with Gasteiger partial charge in [0.15, 0.2) is 6.54 Å². The number of likely N-dealkylation sites (tertiary alicyclic amines) is 1. The normalized spacial score (nSPS) is 18.7. The van der Waals surface area contributed by atoms with Gasteiger partial charge in [0.05, 0.1) is 30.9 Å². The lowest BCUT2D eigenvalue weighted by Crippen LogP contribution is -3.14. The van der Waals surface area contributed by atoms with Crippen LogP contribution < -0.4 is 20.3 Å². The Bertz CT molecular complexity index is 836. The summed E-state index contributed by atoms with van der Waals surface area (Å²) in [7, 11) is 0. The van der Waals surface area contributed by atoms with E-state index in [0.29, 0.717) is 36.0 Å². The molecule has 0 saturated carbocycles. The van der Waals surface area contributed by atoms with Crippen molar-refractivity contribution in [1.82, 2.24) is 0 Å². The van der Waals surface area contributed by atoms with Crippen LogP contribution in [-0.2, 0) is 4.79 Å². The highest BCUT2D eigenvalue weighted by atomic mass is 16.5. The summed E-state index contributed by atoms with van der Waals surface area (Å²) in [5.41, 5.74) is 1.65. The van der Waals surface area contributed by atoms with Gasteiger partial charge in [0.25, 0.3) is 11.8 Å². The summed E-state index contributed by atoms with van der Waals surface area (Å²) in [4.78, 5) is 26.6. The maximum Gasteiger partial charge on any atom is 0.279 e. The van der Waals surface area contributed by atoms with E-state index in [0.717, 1.165) is 25.3 Å². The average Bonchev–Trinajstić information content (AvgIpc) is 2.70. The number of anilines is 2. The second kappa shape index (κ2) is 10.1. The molecule has 2 atom stereocenters. The second-order valence-electron chi connectivity index (χ2n) is 7.63. The van der Waals surface area contributed by atoms with Gasteiger partial charge < -0.3 is 20.3 Å². The summed E-state index contributed by atoms with van der Waals surface area (Å²) in [5, 5.41) is 5.80. The van der Waals surface area contributed by atoms with E-state index in [-0.39, 0.29) is 11.8 Å². The van der Waals surface area contributed by atoms with Crippen molar-refractivity contribution in [1.29, 1.82) is 0 Å². The molecule has 0 aliphatic carbocycles. The van der Waals surface area contributed by atoms with Crippen LogP contribution in [0.2, 0.25) is 0 Å². The smallest absolute Gasteiger partial charge is 0.279 e. The van der Waals surface area contributed by atoms with Crippen LogP contribution in [0.3, 0.4) is 0 Å². The average molecular weight is 397 g/mol. The van der Waals surface area contributed by atoms with Gasteiger partial charge in [0.1, 0.15) is 5.75 Å². The first kappa shape index (κ1) is 20.9. The quantitative estimate of drug-likeness (QED) is 0.674. The minimum absolute atomic E-state index is 0.0598. The fourth-order valence-electron chi connectivity index (χ4n) is 3.77. The zero-order valence-corrected chi connectivity index (χ0v) is 17.2. The molecule has 3 rings (SSSR count). The van der Waals surface area contributed by atoms with E-state index < -0.39 is 0 Å². The van der Waals surface area contributed by atoms with Crippen molar-refractivity contribution in [2.24, 2.45) is 5.92 Å². The van der Waals surface area contributed by atoms with Crippen LogP contribution in [0.25, 0.3) is 0 Å². The van der Waals surface area contributed by atoms with Crippen molar-refractivity contribution in [3.05, 3.63) is 54.1 Å². The number of quaternary nitrogens is 1. The summed E-state index contributed by atoms with van der Waals surface area (Å²) >= 11 is 0. The topological polar surface area (TPSA) is 71.9 Å². The molecule has 1 aliphatic heterocycles. The van der Waals surface area contributed by atoms with Crippen molar-refractivity contribution in [2.75, 3.05) is 36.9 Å². The van der Waals surface area contributed by atoms with Crippen LogP contribution in [0.1, 0.15) is 37.0 Å². The molecule has 3 N–H and O–H groups in total. The van der Waals surface area contributed by atoms with Crippen LogP contribution in [0.4, 0.5) is 11.4 Å². The van der Waals surface area contributed by atoms with E-state index in [1.807, 2.05) is 25.1 Å². The molecule has 1 unspecified atom stereocenters. The Kier molecular flexibility index (Phi) is 7.25. The van der Waals surface area contributed by atoms with Gasteiger partial charge in [-0.05, 0) is 56.2 Å². The van der Waals surface area contributed by atoms with Crippen molar-refractivity contribution in [2.45, 2.75) is 26.7 Å². The Morgan fingerprint density at radius 2 is 1.86 bits per heavy atom. The third-order valence-electron chi connectivity index (χ3n) is 5.14. The number of amides is 2. The zero-order valence-electron chi connectivity index (χ0n) is 17.2. The van der Waals surface area contributed by atoms with Crippen LogP contribution in [0.5, 0.6) is 5.75 Å². The van der Waals surface area contributed by atoms with Gasteiger partial charge in [-0.3, -0.25) is 9.59 Å². The number of hydrogen-bond acceptors (Lipinski definition) is 3. The highest BCUT2D eigenvalue weighted by Gasteiger charge is 2.22. The fraction of sp³-hybridized carbons (Fsp3) is 0.391. The molecule has 1 aliphatic rings. The lowest BCUT2D eigenvalue weighted by Gasteiger charge is -2.27. The Balaban J connectivity index is 1.63. The summed E-state index contributed by atoms with van der Waals surface area (Å²) in [6.07, 6.45) is 2.39. The highest BCUT2D eigenvalue weighted by molar-refractivity contribution is 6.10. The molecule has 2 aromatic carbocycles. The number of para-hydroxylation sites is 1. The SMILES string of the molecule is CCOc1ccc(NC(=O)c2ccccc2NC(=O)C[NH+]2CCC[C@@H](C)C2)cc1. The third kappa shape index (κ3) is 6.06. The number of ether oxygens (including phenoxy) is 1. The van der Waals surface area contributed by atoms with Gasteiger partial charge in [0.2, 0.25) is 0 Å². The van der Waals surface area contributed by atoms with Crippen molar-refractivity contribution in [3.63, 3.8) is 0 Å². The molecule has 2 amide bonds. The van der Waals surface area contributed by atoms with Gasteiger partial charge in [-0.15, -0.1) is 0 Å². The van der Waals surface area contributed by atoms with Crippen LogP contribution in [-0.4, -0.2) is 38.1 Å². The van der Waals surface area contributed by atoms with Gasteiger partial charge in [-0.25, -0.2) is 0 Å². The third-order valence-corrected chi connectivity index (χ3v) is 5.14. The van der Waals surface area contributed by atoms with Crippen molar-refractivity contribution < 1.29 is 19.2 Å². The monoisotopic (exact) mass is 396 g/mol. The van der Waals surface area contributed by atoms with E-state index in [2.05, 4.69) is 17.6 Å². The zero-order chi connectivity index (χ0) is 20.6. The van der Waals surface area contributed by atoms with Gasteiger partial charge in [0, 0.05) is 11.6 Å². The van der Waals surface area contributed by atoms with E-state index in [1.165, 1.54) is 11.3 Å². The molecule has 6 nitrogen and oxygen atoms in total. The molecule has 29 heavy (non-hydrogen) atoms. The molecular formula is C23H30N3O3+. The summed E-state index contributed by atoms with van der Waals surface area (Å²) in [5.74, 6) is 1.09. The van der Waals surface area contributed by atoms with E-state index in [1.54, 1.807) is 30.3 Å². The molecule has 154 valence electrons. The Morgan fingerprint density at radius 1 is 1.10 bits per heavy atom. The van der Waals surface area contributed by atoms with Crippen LogP contribution in [0, 0.1) is 5.92 Å². The highest BCUT2D eigenvalue weighted by Crippen LogP contribution is 2.19. The first-order chi connectivity index (χ1) is 14.0. The Hall–Kier alpha value is -2.86. The van der Waals surface area contributed by atoms with Gasteiger partial charge in [-0.1, -0.05) is 19.1 Å². The Labute approximate surface area is 172 Å². The fourth-order valence-corrected chi connectivity index (χ4v) is 3.77. The minimum atomic E-state index is -0.260. The van der Waals surface area contributed by atoms with Crippen LogP contribution >= 0.6 is 0 Å². The van der Waals surface area contributed by atoms with E-state index in [9.17, 15) is 9.59 Å². The number of nitrogens with one attached hydrogen (secondary N) is 3. The molecule has 2 aromatic rings. The minimum Gasteiger partial charge on any atom is -0.494 e. The molecule has 0 spiro atoms. The van der Waals surface area contributed by atoms with Crippen molar-refractivity contribution >= 4 is 23.2 Å². The molecule has 1 saturated heterocycles. The second-order valence-corrected chi connectivity index (χ2v) is 7.63. The van der Waals surface area contributed by atoms with E-state index in [4.69, 9.17) is 4.74 Å². The number of benzene rings is 2. The molecule has 1 fully saturated rings. The number of carbonyl (C=O) groups excluding carboxylic acids is 2. The Morgan fingerprint density at radius 3 is 2.59 bits per heavy atom. The maximum atomic E-state index is 12.8. The van der Waals surface area contributed by atoms with E-state index >= 15 is 0 Å². The van der Waals surface area contributed by atoms with Crippen LogP contribution in [0.15, 0.2) is 48.5 Å². The predicted molar refractivity (Wildman–Crippen MR) is 115 cm³/mol. The lowest BCUT2D eigenvalue weighted by molar-refractivity contribution is -0.900. The molecule has 6 heteroatoms. The largest absolute Gasteiger partial charge is 0.494 e. The molecule has 0 radical (unpaired) electrons. The number of rotatable bonds is 7. The van der Waals surface area contributed by atoms with Crippen molar-refractivity contribution in [3.8, 4) is 5.75 Å². The number of piperidine rings is 1. The molecule has 1 heterocycles. The molecular weight excluding hydrogens is 366 g/mol. The first-order valence-corrected chi connectivity index (χ1v) is 10.3. The van der Waals surface area contributed by atoms with Gasteiger partial charge >= 0.3 is 0 Å². The molecule has 0 bridgehead atoms. The number of carbonyl (C=O) groups is 2. The first-order valence-electron chi connectivity index (χ1n) is 10.3. The lowest BCUT2D eigenvalue weighted by atomic mass is 10.0. The summed E-state index contributed by atoms with van der Waals surface area (Å²) in [6, 6.07) is 14.3. The summed E-state index contributed by atoms with van der Waals surface area (Å²) < 4.78 is 5.42. The maximum absolute atomic E-state index is 12.8. The van der Waals surface area contributed by atoms with Gasteiger partial charge in [-0.2, -0.15) is 0 Å². The summed E-state index contributed by atoms with van der Waals surface area (Å²) in [6.45, 7) is 7.23. The molecule has 0 aromatic heterocycles. The standard InChI is InChI=1S/C23H29N3O3/c1-3-29-19-12-10-18(11-13-19)24-23(28)20-8-4-5-9-21(20)25-22(27)16-26-14-6-7-17(2)15-26/h4-5,8-13,17H,3,6-7,14-16H2,1-2H3,(H,24,28)(H,25,27)/p+1/t17-/m1/s1. The predicted octanol–water partition coefficient (Wildman–Crippen LogP) is 2.59.